The van der Waals surface area contributed by atoms with Gasteiger partial charge < -0.3 is 9.79 Å². The van der Waals surface area contributed by atoms with Crippen molar-refractivity contribution in [3.8, 4) is 0 Å². The van der Waals surface area contributed by atoms with Crippen molar-refractivity contribution < 1.29 is 59.7 Å². The van der Waals surface area contributed by atoms with Gasteiger partial charge in [-0.3, -0.25) is 4.52 Å². The monoisotopic (exact) mass is 296 g/mol. The second-order valence-electron chi connectivity index (χ2n) is 1.68. The van der Waals surface area contributed by atoms with Gasteiger partial charge in [-0.05, 0) is 6.42 Å². The molecule has 0 atom stereocenters. The van der Waals surface area contributed by atoms with E-state index in [0.29, 0.717) is 6.42 Å². The maximum atomic E-state index is 9.98. The molecular weight excluding hydrogens is 287 g/mol. The van der Waals surface area contributed by atoms with E-state index in [2.05, 4.69) is 4.52 Å². The van der Waals surface area contributed by atoms with E-state index >= 15 is 0 Å². The predicted molar refractivity (Wildman–Crippen MR) is 32.9 cm³/mol. The molecule has 0 saturated heterocycles. The van der Waals surface area contributed by atoms with Crippen molar-refractivity contribution in [2.24, 2.45) is 0 Å². The summed E-state index contributed by atoms with van der Waals surface area (Å²) >= 11 is 0. The minimum Gasteiger partial charge on any atom is -0.303 e. The molecule has 0 bridgehead atoms. The maximum Gasteiger partial charge on any atom is 0.469 e. The summed E-state index contributed by atoms with van der Waals surface area (Å²) in [5, 5.41) is 0. The molecule has 0 unspecified atom stereocenters. The van der Waals surface area contributed by atoms with Crippen molar-refractivity contribution in [3.63, 3.8) is 0 Å². The predicted octanol–water partition coefficient (Wildman–Crippen LogP) is 0.896. The molecule has 0 aromatic carbocycles. The third kappa shape index (κ3) is 12.2. The largest absolute Gasteiger partial charge is 0.469 e. The molecule has 4 nitrogen and oxygen atoms in total. The molecule has 0 amide bonds. The second kappa shape index (κ2) is 7.13. The average molecular weight is 298 g/mol. The Morgan fingerprint density at radius 1 is 1.50 bits per heavy atom. The summed E-state index contributed by atoms with van der Waals surface area (Å²) in [7, 11) is -4.20. The molecule has 6 heteroatoms. The SMILES string of the molecule is CCCCOP(=O)(O)O.[Nd]. The number of hydrogen-bond acceptors (Lipinski definition) is 2. The number of phosphoric ester groups is 1. The Bertz CT molecular complexity index is 112. The Kier molecular flexibility index (Phi) is 9.99. The summed E-state index contributed by atoms with van der Waals surface area (Å²) in [5.41, 5.74) is 0. The zero-order valence-electron chi connectivity index (χ0n) is 5.78. The van der Waals surface area contributed by atoms with Crippen LogP contribution in [0.5, 0.6) is 0 Å². The van der Waals surface area contributed by atoms with Crippen molar-refractivity contribution in [1.82, 2.24) is 0 Å². The molecule has 2 N–H and O–H groups in total. The van der Waals surface area contributed by atoms with E-state index in [-0.39, 0.29) is 47.4 Å². The Labute approximate surface area is 93.1 Å². The van der Waals surface area contributed by atoms with E-state index in [4.69, 9.17) is 9.79 Å². The molecule has 0 rings (SSSR count). The fourth-order valence-electron chi connectivity index (χ4n) is 0.328. The third-order valence-electron chi connectivity index (χ3n) is 0.757. The number of hydrogen-bond donors (Lipinski definition) is 2. The molecule has 10 heavy (non-hydrogen) atoms. The van der Waals surface area contributed by atoms with Crippen LogP contribution >= 0.6 is 7.82 Å². The smallest absolute Gasteiger partial charge is 0.303 e. The van der Waals surface area contributed by atoms with E-state index in [9.17, 15) is 4.57 Å². The first-order valence-electron chi connectivity index (χ1n) is 2.76. The third-order valence-corrected chi connectivity index (χ3v) is 1.28. The van der Waals surface area contributed by atoms with Gasteiger partial charge in [-0.25, -0.2) is 4.57 Å². The molecular formula is C4H11NdO4P. The summed E-state index contributed by atoms with van der Waals surface area (Å²) < 4.78 is 14.1. The van der Waals surface area contributed by atoms with Crippen LogP contribution in [0.25, 0.3) is 0 Å². The van der Waals surface area contributed by atoms with E-state index in [0.717, 1.165) is 6.42 Å². The first-order chi connectivity index (χ1) is 4.06. The van der Waals surface area contributed by atoms with Gasteiger partial charge in [0.05, 0.1) is 6.61 Å². The summed E-state index contributed by atoms with van der Waals surface area (Å²) in [6.45, 7) is 2.06. The van der Waals surface area contributed by atoms with Gasteiger partial charge in [0.25, 0.3) is 0 Å². The first-order valence-corrected chi connectivity index (χ1v) is 4.29. The molecule has 0 aromatic rings. The van der Waals surface area contributed by atoms with Gasteiger partial charge >= 0.3 is 7.82 Å². The van der Waals surface area contributed by atoms with Crippen LogP contribution in [0.2, 0.25) is 0 Å². The van der Waals surface area contributed by atoms with Gasteiger partial charge in [0.2, 0.25) is 0 Å². The normalized spacial score (nSPS) is 10.7. The van der Waals surface area contributed by atoms with Crippen LogP contribution in [0.1, 0.15) is 19.8 Å². The molecule has 0 heterocycles. The zero-order chi connectivity index (χ0) is 7.33. The van der Waals surface area contributed by atoms with Gasteiger partial charge in [-0.2, -0.15) is 0 Å². The molecule has 0 spiro atoms. The maximum absolute atomic E-state index is 9.98. The van der Waals surface area contributed by atoms with Crippen molar-refractivity contribution in [2.45, 2.75) is 19.8 Å². The average Bonchev–Trinajstić information content (AvgIpc) is 1.63. The van der Waals surface area contributed by atoms with Gasteiger partial charge in [-0.1, -0.05) is 13.3 Å². The second-order valence-corrected chi connectivity index (χ2v) is 2.92. The molecule has 0 aliphatic heterocycles. The molecule has 0 saturated carbocycles. The van der Waals surface area contributed by atoms with Gasteiger partial charge in [0.15, 0.2) is 0 Å². The fraction of sp³-hybridized carbons (Fsp3) is 1.00. The summed E-state index contributed by atoms with van der Waals surface area (Å²) in [6.07, 6.45) is 1.56. The van der Waals surface area contributed by atoms with Gasteiger partial charge in [0, 0.05) is 40.8 Å². The molecule has 0 fully saturated rings. The first kappa shape index (κ1) is 14.0. The fourth-order valence-corrected chi connectivity index (χ4v) is 0.695. The van der Waals surface area contributed by atoms with Gasteiger partial charge in [-0.15, -0.1) is 0 Å². The molecule has 0 radical (unpaired) electrons. The number of rotatable bonds is 4. The Hall–Kier alpha value is 1.46. The molecule has 0 aliphatic rings. The van der Waals surface area contributed by atoms with Crippen LogP contribution < -0.4 is 0 Å². The molecule has 0 aromatic heterocycles. The number of phosphoric acid groups is 1. The summed E-state index contributed by atoms with van der Waals surface area (Å²) in [5.74, 6) is 0. The van der Waals surface area contributed by atoms with Gasteiger partial charge in [0.1, 0.15) is 0 Å². The quantitative estimate of drug-likeness (QED) is 0.598. The topological polar surface area (TPSA) is 66.8 Å². The van der Waals surface area contributed by atoms with Crippen LogP contribution in [0.4, 0.5) is 0 Å². The van der Waals surface area contributed by atoms with Crippen molar-refractivity contribution >= 4 is 7.82 Å². The van der Waals surface area contributed by atoms with Crippen LogP contribution in [0.15, 0.2) is 0 Å². The minimum atomic E-state index is -4.20. The van der Waals surface area contributed by atoms with Crippen molar-refractivity contribution in [3.05, 3.63) is 0 Å². The van der Waals surface area contributed by atoms with Crippen molar-refractivity contribution in [1.29, 1.82) is 0 Å². The van der Waals surface area contributed by atoms with Crippen LogP contribution in [-0.4, -0.2) is 16.4 Å². The van der Waals surface area contributed by atoms with Crippen molar-refractivity contribution in [2.75, 3.05) is 6.61 Å². The summed E-state index contributed by atoms with van der Waals surface area (Å²) in [6, 6.07) is 0. The Balaban J connectivity index is 0. The van der Waals surface area contributed by atoms with E-state index < -0.39 is 7.82 Å². The van der Waals surface area contributed by atoms with E-state index in [1.54, 1.807) is 0 Å². The summed E-state index contributed by atoms with van der Waals surface area (Å²) in [4.78, 5) is 16.3. The van der Waals surface area contributed by atoms with Crippen LogP contribution in [0, 0.1) is 40.8 Å². The zero-order valence-corrected chi connectivity index (χ0v) is 9.88. The van der Waals surface area contributed by atoms with E-state index in [1.165, 1.54) is 0 Å². The van der Waals surface area contributed by atoms with E-state index in [1.807, 2.05) is 6.92 Å². The molecule has 60 valence electrons. The Morgan fingerprint density at radius 3 is 2.30 bits per heavy atom. The van der Waals surface area contributed by atoms with Crippen LogP contribution in [-0.2, 0) is 9.09 Å². The Morgan fingerprint density at radius 2 is 2.00 bits per heavy atom. The standard InChI is InChI=1S/C4H11O4P.Nd/c1-2-3-4-8-9(5,6)7;/h2-4H2,1H3,(H2,5,6,7);. The minimum absolute atomic E-state index is 0. The van der Waals surface area contributed by atoms with Crippen LogP contribution in [0.3, 0.4) is 0 Å². The number of unbranched alkanes of at least 4 members (excludes halogenated alkanes) is 1. The molecule has 0 aliphatic carbocycles.